The van der Waals surface area contributed by atoms with E-state index in [-0.39, 0.29) is 17.0 Å². The number of hydrogen-bond acceptors (Lipinski definition) is 6. The van der Waals surface area contributed by atoms with Crippen LogP contribution in [0.3, 0.4) is 0 Å². The fraction of sp³-hybridized carbons (Fsp3) is 0.364. The fourth-order valence-corrected chi connectivity index (χ4v) is 2.12. The van der Waals surface area contributed by atoms with Crippen LogP contribution >= 0.6 is 0 Å². The Labute approximate surface area is 110 Å². The van der Waals surface area contributed by atoms with Crippen molar-refractivity contribution in [1.82, 2.24) is 0 Å². The summed E-state index contributed by atoms with van der Waals surface area (Å²) in [5.74, 6) is 0.0505. The highest BCUT2D eigenvalue weighted by atomic mass is 32.2. The zero-order chi connectivity index (χ0) is 14.5. The second-order valence-electron chi connectivity index (χ2n) is 4.01. The average Bonchev–Trinajstić information content (AvgIpc) is 2.33. The third kappa shape index (κ3) is 4.93. The molecule has 0 spiro atoms. The lowest BCUT2D eigenvalue weighted by molar-refractivity contribution is -0.384. The van der Waals surface area contributed by atoms with E-state index >= 15 is 0 Å². The number of hydrogen-bond donors (Lipinski definition) is 1. The number of nitriles is 1. The zero-order valence-electron chi connectivity index (χ0n) is 10.3. The second kappa shape index (κ2) is 6.15. The summed E-state index contributed by atoms with van der Waals surface area (Å²) in [6, 6.07) is 5.78. The highest BCUT2D eigenvalue weighted by Crippen LogP contribution is 2.21. The molecule has 1 rings (SSSR count). The normalized spacial score (nSPS) is 10.7. The van der Waals surface area contributed by atoms with Gasteiger partial charge in [-0.15, -0.1) is 0 Å². The van der Waals surface area contributed by atoms with E-state index in [1.54, 1.807) is 0 Å². The van der Waals surface area contributed by atoms with E-state index < -0.39 is 14.8 Å². The standard InChI is InChI=1S/C11H13N3O4S/c1-19(17,18)6-2-5-13-11-4-3-10(14(15)16)7-9(11)8-12/h3-4,7,13H,2,5-6H2,1H3. The van der Waals surface area contributed by atoms with Gasteiger partial charge >= 0.3 is 0 Å². The van der Waals surface area contributed by atoms with Gasteiger partial charge in [-0.25, -0.2) is 8.42 Å². The van der Waals surface area contributed by atoms with Crippen molar-refractivity contribution in [3.63, 3.8) is 0 Å². The van der Waals surface area contributed by atoms with Crippen molar-refractivity contribution < 1.29 is 13.3 Å². The Morgan fingerprint density at radius 2 is 2.16 bits per heavy atom. The molecule has 19 heavy (non-hydrogen) atoms. The first-order valence-corrected chi connectivity index (χ1v) is 7.49. The van der Waals surface area contributed by atoms with Gasteiger partial charge in [0.1, 0.15) is 15.9 Å². The van der Waals surface area contributed by atoms with Gasteiger partial charge in [-0.2, -0.15) is 5.26 Å². The average molecular weight is 283 g/mol. The quantitative estimate of drug-likeness (QED) is 0.478. The van der Waals surface area contributed by atoms with E-state index in [1.165, 1.54) is 18.2 Å². The number of nitrogens with one attached hydrogen (secondary N) is 1. The summed E-state index contributed by atoms with van der Waals surface area (Å²) < 4.78 is 21.9. The molecule has 1 aromatic carbocycles. The number of nitrogens with zero attached hydrogens (tertiary/aromatic N) is 2. The summed E-state index contributed by atoms with van der Waals surface area (Å²) >= 11 is 0. The van der Waals surface area contributed by atoms with Crippen LogP contribution in [-0.2, 0) is 9.84 Å². The third-order valence-corrected chi connectivity index (χ3v) is 3.37. The molecule has 7 nitrogen and oxygen atoms in total. The summed E-state index contributed by atoms with van der Waals surface area (Å²) in [7, 11) is -3.01. The predicted molar refractivity (Wildman–Crippen MR) is 70.6 cm³/mol. The maximum atomic E-state index is 10.9. The molecule has 0 bridgehead atoms. The van der Waals surface area contributed by atoms with Crippen molar-refractivity contribution >= 4 is 21.2 Å². The van der Waals surface area contributed by atoms with Gasteiger partial charge in [-0.3, -0.25) is 10.1 Å². The topological polar surface area (TPSA) is 113 Å². The van der Waals surface area contributed by atoms with Crippen LogP contribution in [0.4, 0.5) is 11.4 Å². The molecule has 0 aromatic heterocycles. The van der Waals surface area contributed by atoms with Gasteiger partial charge in [0.05, 0.1) is 21.9 Å². The molecular formula is C11H13N3O4S. The van der Waals surface area contributed by atoms with Gasteiger partial charge in [0.15, 0.2) is 0 Å². The zero-order valence-corrected chi connectivity index (χ0v) is 11.1. The Morgan fingerprint density at radius 3 is 2.68 bits per heavy atom. The van der Waals surface area contributed by atoms with Crippen molar-refractivity contribution in [3.05, 3.63) is 33.9 Å². The number of anilines is 1. The van der Waals surface area contributed by atoms with E-state index in [1.807, 2.05) is 6.07 Å². The van der Waals surface area contributed by atoms with Crippen LogP contribution < -0.4 is 5.32 Å². The minimum absolute atomic E-state index is 0.0505. The minimum atomic E-state index is -3.01. The van der Waals surface area contributed by atoms with Gasteiger partial charge in [-0.05, 0) is 12.5 Å². The van der Waals surface area contributed by atoms with Crippen LogP contribution in [0.15, 0.2) is 18.2 Å². The lowest BCUT2D eigenvalue weighted by atomic mass is 10.1. The fourth-order valence-electron chi connectivity index (χ4n) is 1.45. The molecule has 8 heteroatoms. The molecule has 1 aromatic rings. The van der Waals surface area contributed by atoms with Crippen molar-refractivity contribution in [1.29, 1.82) is 5.26 Å². The van der Waals surface area contributed by atoms with Gasteiger partial charge in [0.25, 0.3) is 5.69 Å². The van der Waals surface area contributed by atoms with Crippen molar-refractivity contribution in [2.45, 2.75) is 6.42 Å². The number of benzene rings is 1. The number of nitro groups is 1. The summed E-state index contributed by atoms with van der Waals surface area (Å²) in [6.45, 7) is 0.375. The molecule has 0 aliphatic heterocycles. The molecule has 0 saturated carbocycles. The number of non-ortho nitro benzene ring substituents is 1. The molecule has 1 N–H and O–H groups in total. The lowest BCUT2D eigenvalue weighted by Crippen LogP contribution is -2.10. The van der Waals surface area contributed by atoms with E-state index in [9.17, 15) is 18.5 Å². The maximum Gasteiger partial charge on any atom is 0.270 e. The Morgan fingerprint density at radius 1 is 1.47 bits per heavy atom. The first kappa shape index (κ1) is 14.9. The molecule has 0 fully saturated rings. The highest BCUT2D eigenvalue weighted by Gasteiger charge is 2.10. The molecule has 0 unspecified atom stereocenters. The summed E-state index contributed by atoms with van der Waals surface area (Å²) in [5.41, 5.74) is 0.466. The Kier molecular flexibility index (Phi) is 4.83. The molecule has 0 aliphatic carbocycles. The predicted octanol–water partition coefficient (Wildman–Crippen LogP) is 1.31. The van der Waals surface area contributed by atoms with Crippen molar-refractivity contribution in [3.8, 4) is 6.07 Å². The monoisotopic (exact) mass is 283 g/mol. The van der Waals surface area contributed by atoms with E-state index in [0.29, 0.717) is 18.7 Å². The molecule has 0 atom stereocenters. The summed E-state index contributed by atoms with van der Waals surface area (Å²) in [5, 5.41) is 22.4. The van der Waals surface area contributed by atoms with Crippen LogP contribution in [-0.4, -0.2) is 31.9 Å². The Balaban J connectivity index is 2.69. The highest BCUT2D eigenvalue weighted by molar-refractivity contribution is 7.90. The molecule has 0 heterocycles. The molecular weight excluding hydrogens is 270 g/mol. The van der Waals surface area contributed by atoms with E-state index in [4.69, 9.17) is 5.26 Å². The first-order valence-electron chi connectivity index (χ1n) is 5.43. The lowest BCUT2D eigenvalue weighted by Gasteiger charge is -2.07. The van der Waals surface area contributed by atoms with Crippen LogP contribution in [0, 0.1) is 21.4 Å². The largest absolute Gasteiger partial charge is 0.384 e. The summed E-state index contributed by atoms with van der Waals surface area (Å²) in [4.78, 5) is 9.99. The molecule has 102 valence electrons. The van der Waals surface area contributed by atoms with Crippen LogP contribution in [0.2, 0.25) is 0 Å². The minimum Gasteiger partial charge on any atom is -0.384 e. The molecule has 0 radical (unpaired) electrons. The molecule has 0 aliphatic rings. The van der Waals surface area contributed by atoms with E-state index in [0.717, 1.165) is 6.26 Å². The van der Waals surface area contributed by atoms with Crippen LogP contribution in [0.1, 0.15) is 12.0 Å². The molecule has 0 saturated heterocycles. The van der Waals surface area contributed by atoms with Gasteiger partial charge in [0, 0.05) is 24.9 Å². The van der Waals surface area contributed by atoms with Crippen molar-refractivity contribution in [2.75, 3.05) is 23.9 Å². The van der Waals surface area contributed by atoms with Gasteiger partial charge in [-0.1, -0.05) is 0 Å². The smallest absolute Gasteiger partial charge is 0.270 e. The summed E-state index contributed by atoms with van der Waals surface area (Å²) in [6.07, 6.45) is 1.56. The Hall–Kier alpha value is -2.14. The third-order valence-electron chi connectivity index (χ3n) is 2.34. The number of nitro benzene ring substituents is 1. The molecule has 0 amide bonds. The number of sulfone groups is 1. The number of rotatable bonds is 6. The Bertz CT molecular complexity index is 619. The van der Waals surface area contributed by atoms with E-state index in [2.05, 4.69) is 5.32 Å². The second-order valence-corrected chi connectivity index (χ2v) is 6.27. The van der Waals surface area contributed by atoms with Crippen LogP contribution in [0.5, 0.6) is 0 Å². The van der Waals surface area contributed by atoms with Crippen LogP contribution in [0.25, 0.3) is 0 Å². The first-order chi connectivity index (χ1) is 8.83. The SMILES string of the molecule is CS(=O)(=O)CCCNc1ccc([N+](=O)[O-])cc1C#N. The maximum absolute atomic E-state index is 10.9. The van der Waals surface area contributed by atoms with Gasteiger partial charge in [0.2, 0.25) is 0 Å². The van der Waals surface area contributed by atoms with Crippen molar-refractivity contribution in [2.24, 2.45) is 0 Å². The van der Waals surface area contributed by atoms with Gasteiger partial charge < -0.3 is 5.32 Å².